The van der Waals surface area contributed by atoms with Crippen molar-refractivity contribution < 1.29 is 4.74 Å². The molecule has 0 aromatic heterocycles. The Morgan fingerprint density at radius 2 is 2.04 bits per heavy atom. The van der Waals surface area contributed by atoms with Gasteiger partial charge in [0.15, 0.2) is 0 Å². The Labute approximate surface area is 160 Å². The fraction of sp³-hybridized carbons (Fsp3) is 0.652. The van der Waals surface area contributed by atoms with Gasteiger partial charge >= 0.3 is 0 Å². The molecule has 2 rings (SSSR count). The number of nitrogens with one attached hydrogen (secondary N) is 1. The molecule has 1 aromatic carbocycles. The van der Waals surface area contributed by atoms with Crippen LogP contribution in [0.1, 0.15) is 63.5 Å². The molecule has 0 saturated carbocycles. The minimum atomic E-state index is 0.673. The van der Waals surface area contributed by atoms with Gasteiger partial charge in [-0.15, -0.1) is 0 Å². The van der Waals surface area contributed by atoms with E-state index in [9.17, 15) is 0 Å². The van der Waals surface area contributed by atoms with Gasteiger partial charge in [-0.3, -0.25) is 0 Å². The van der Waals surface area contributed by atoms with E-state index in [2.05, 4.69) is 49.7 Å². The first-order valence-electron chi connectivity index (χ1n) is 10.4. The van der Waals surface area contributed by atoms with Crippen LogP contribution in [0.3, 0.4) is 0 Å². The highest BCUT2D eigenvalue weighted by Crippen LogP contribution is 2.29. The lowest BCUT2D eigenvalue weighted by atomic mass is 9.94. The monoisotopic (exact) mass is 358 g/mol. The van der Waals surface area contributed by atoms with Crippen LogP contribution in [0.4, 0.5) is 5.69 Å². The number of likely N-dealkylation sites (tertiary alicyclic amines) is 1. The molecule has 1 aliphatic heterocycles. The second-order valence-corrected chi connectivity index (χ2v) is 7.65. The number of benzene rings is 1. The number of rotatable bonds is 10. The second-order valence-electron chi connectivity index (χ2n) is 7.65. The molecule has 1 aliphatic rings. The standard InChI is InChI=1S/C23H38N2O/c1-6-9-10-20(7-2)25-13-11-19(12-14-25)17-26-21-15-18(4)22(8-3)23(16-21)24-5/h8,15-16,19-20,24H,3,6-7,9-14,17H2,1-2,4-5H3. The van der Waals surface area contributed by atoms with Crippen LogP contribution in [0, 0.1) is 12.8 Å². The number of ether oxygens (including phenoxy) is 1. The van der Waals surface area contributed by atoms with E-state index in [-0.39, 0.29) is 0 Å². The van der Waals surface area contributed by atoms with Crippen LogP contribution in [-0.4, -0.2) is 37.7 Å². The maximum Gasteiger partial charge on any atom is 0.121 e. The van der Waals surface area contributed by atoms with E-state index in [0.29, 0.717) is 5.92 Å². The normalized spacial score (nSPS) is 17.1. The number of piperidine rings is 1. The highest BCUT2D eigenvalue weighted by Gasteiger charge is 2.24. The van der Waals surface area contributed by atoms with Crippen molar-refractivity contribution in [1.29, 1.82) is 0 Å². The summed E-state index contributed by atoms with van der Waals surface area (Å²) >= 11 is 0. The molecule has 0 amide bonds. The first-order valence-corrected chi connectivity index (χ1v) is 10.4. The second kappa shape index (κ2) is 10.6. The van der Waals surface area contributed by atoms with E-state index >= 15 is 0 Å². The van der Waals surface area contributed by atoms with Crippen LogP contribution >= 0.6 is 0 Å². The Morgan fingerprint density at radius 3 is 2.62 bits per heavy atom. The molecule has 1 heterocycles. The number of unbranched alkanes of at least 4 members (excludes halogenated alkanes) is 1. The van der Waals surface area contributed by atoms with Crippen molar-refractivity contribution in [3.05, 3.63) is 29.8 Å². The lowest BCUT2D eigenvalue weighted by Gasteiger charge is -2.37. The molecule has 26 heavy (non-hydrogen) atoms. The fourth-order valence-corrected chi connectivity index (χ4v) is 4.11. The third-order valence-corrected chi connectivity index (χ3v) is 5.85. The van der Waals surface area contributed by atoms with E-state index in [4.69, 9.17) is 4.74 Å². The van der Waals surface area contributed by atoms with Crippen LogP contribution in [-0.2, 0) is 0 Å². The number of hydrogen-bond donors (Lipinski definition) is 1. The maximum atomic E-state index is 6.16. The van der Waals surface area contributed by atoms with E-state index in [0.717, 1.165) is 29.6 Å². The SMILES string of the molecule is C=Cc1c(C)cc(OCC2CCN(C(CC)CCCC)CC2)cc1NC. The molecule has 0 bridgehead atoms. The van der Waals surface area contributed by atoms with Gasteiger partial charge in [-0.2, -0.15) is 0 Å². The molecular weight excluding hydrogens is 320 g/mol. The first-order chi connectivity index (χ1) is 12.6. The lowest BCUT2D eigenvalue weighted by molar-refractivity contribution is 0.0993. The third-order valence-electron chi connectivity index (χ3n) is 5.85. The highest BCUT2D eigenvalue weighted by atomic mass is 16.5. The number of nitrogens with zero attached hydrogens (tertiary/aromatic N) is 1. The van der Waals surface area contributed by atoms with Gasteiger partial charge in [0.05, 0.1) is 6.61 Å². The van der Waals surface area contributed by atoms with Crippen molar-refractivity contribution in [2.45, 2.75) is 65.3 Å². The van der Waals surface area contributed by atoms with E-state index < -0.39 is 0 Å². The molecule has 1 atom stereocenters. The topological polar surface area (TPSA) is 24.5 Å². The Morgan fingerprint density at radius 1 is 1.31 bits per heavy atom. The summed E-state index contributed by atoms with van der Waals surface area (Å²) in [5, 5.41) is 3.25. The summed E-state index contributed by atoms with van der Waals surface area (Å²) in [4.78, 5) is 2.72. The highest BCUT2D eigenvalue weighted by molar-refractivity contribution is 5.70. The summed E-state index contributed by atoms with van der Waals surface area (Å²) in [6, 6.07) is 5.01. The molecule has 1 saturated heterocycles. The quantitative estimate of drug-likeness (QED) is 0.577. The minimum Gasteiger partial charge on any atom is -0.493 e. The average molecular weight is 359 g/mol. The smallest absolute Gasteiger partial charge is 0.121 e. The van der Waals surface area contributed by atoms with Crippen molar-refractivity contribution >= 4 is 11.8 Å². The summed E-state index contributed by atoms with van der Waals surface area (Å²) < 4.78 is 6.16. The summed E-state index contributed by atoms with van der Waals surface area (Å²) in [6.45, 7) is 13.9. The summed E-state index contributed by atoms with van der Waals surface area (Å²) in [7, 11) is 1.95. The van der Waals surface area contributed by atoms with Gasteiger partial charge in [0.1, 0.15) is 5.75 Å². The van der Waals surface area contributed by atoms with Crippen molar-refractivity contribution in [2.24, 2.45) is 5.92 Å². The van der Waals surface area contributed by atoms with Gasteiger partial charge in [-0.25, -0.2) is 0 Å². The maximum absolute atomic E-state index is 6.16. The van der Waals surface area contributed by atoms with E-state index in [1.807, 2.05) is 13.1 Å². The summed E-state index contributed by atoms with van der Waals surface area (Å²) in [6.07, 6.45) is 9.72. The van der Waals surface area contributed by atoms with Crippen molar-refractivity contribution in [1.82, 2.24) is 4.90 Å². The summed E-state index contributed by atoms with van der Waals surface area (Å²) in [5.74, 6) is 1.64. The molecule has 1 fully saturated rings. The molecule has 146 valence electrons. The Balaban J connectivity index is 1.85. The van der Waals surface area contributed by atoms with Gasteiger partial charge in [0.25, 0.3) is 0 Å². The van der Waals surface area contributed by atoms with Crippen LogP contribution in [0.25, 0.3) is 6.08 Å². The van der Waals surface area contributed by atoms with Crippen molar-refractivity contribution in [3.8, 4) is 5.75 Å². The number of hydrogen-bond acceptors (Lipinski definition) is 3. The molecule has 0 radical (unpaired) electrons. The van der Waals surface area contributed by atoms with Crippen LogP contribution in [0.2, 0.25) is 0 Å². The molecule has 1 unspecified atom stereocenters. The van der Waals surface area contributed by atoms with Crippen LogP contribution in [0.15, 0.2) is 18.7 Å². The average Bonchev–Trinajstić information content (AvgIpc) is 2.67. The predicted octanol–water partition coefficient (Wildman–Crippen LogP) is 5.74. The molecule has 1 N–H and O–H groups in total. The van der Waals surface area contributed by atoms with Gasteiger partial charge < -0.3 is 15.0 Å². The zero-order chi connectivity index (χ0) is 18.9. The molecular formula is C23H38N2O. The zero-order valence-corrected chi connectivity index (χ0v) is 17.3. The van der Waals surface area contributed by atoms with Gasteiger partial charge in [0, 0.05) is 30.4 Å². The van der Waals surface area contributed by atoms with E-state index in [1.165, 1.54) is 57.2 Å². The Bertz CT molecular complexity index is 562. The van der Waals surface area contributed by atoms with E-state index in [1.54, 1.807) is 0 Å². The van der Waals surface area contributed by atoms with Crippen LogP contribution in [0.5, 0.6) is 5.75 Å². The van der Waals surface area contributed by atoms with Crippen molar-refractivity contribution in [3.63, 3.8) is 0 Å². The molecule has 3 heteroatoms. The zero-order valence-electron chi connectivity index (χ0n) is 17.3. The van der Waals surface area contributed by atoms with Crippen LogP contribution < -0.4 is 10.1 Å². The Kier molecular flexibility index (Phi) is 8.50. The third kappa shape index (κ3) is 5.51. The lowest BCUT2D eigenvalue weighted by Crippen LogP contribution is -2.42. The largest absolute Gasteiger partial charge is 0.493 e. The summed E-state index contributed by atoms with van der Waals surface area (Å²) in [5.41, 5.74) is 3.45. The van der Waals surface area contributed by atoms with Gasteiger partial charge in [-0.1, -0.05) is 39.3 Å². The number of aryl methyl sites for hydroxylation is 1. The van der Waals surface area contributed by atoms with Gasteiger partial charge in [-0.05, 0) is 63.2 Å². The molecule has 0 spiro atoms. The molecule has 0 aliphatic carbocycles. The number of anilines is 1. The fourth-order valence-electron chi connectivity index (χ4n) is 4.11. The molecule has 1 aromatic rings. The molecule has 3 nitrogen and oxygen atoms in total. The van der Waals surface area contributed by atoms with Crippen molar-refractivity contribution in [2.75, 3.05) is 32.1 Å². The predicted molar refractivity (Wildman–Crippen MR) is 114 cm³/mol. The Hall–Kier alpha value is -1.48. The van der Waals surface area contributed by atoms with Gasteiger partial charge in [0.2, 0.25) is 0 Å². The minimum absolute atomic E-state index is 0.673. The first kappa shape index (κ1) is 20.8.